The SMILES string of the molecule is O=C(O)/C=C\C(=O)OCc1ccccc1.O=C(O)/C=C\C(=O)OCc1ccccc1.[Ca]. The zero-order valence-corrected chi connectivity index (χ0v) is 18.8. The second kappa shape index (κ2) is 16.8. The van der Waals surface area contributed by atoms with Crippen molar-refractivity contribution in [2.45, 2.75) is 13.2 Å². The number of carboxylic acid groups (broad SMARTS) is 2. The zero-order valence-electron chi connectivity index (χ0n) is 16.5. The van der Waals surface area contributed by atoms with Gasteiger partial charge in [-0.3, -0.25) is 0 Å². The number of hydrogen-bond donors (Lipinski definition) is 2. The van der Waals surface area contributed by atoms with Gasteiger partial charge in [0.25, 0.3) is 0 Å². The van der Waals surface area contributed by atoms with Gasteiger partial charge in [-0.05, 0) is 11.1 Å². The molecule has 31 heavy (non-hydrogen) atoms. The van der Waals surface area contributed by atoms with Crippen molar-refractivity contribution in [3.63, 3.8) is 0 Å². The molecule has 0 saturated heterocycles. The molecule has 2 aromatic rings. The van der Waals surface area contributed by atoms with Gasteiger partial charge in [0.05, 0.1) is 0 Å². The third kappa shape index (κ3) is 15.5. The number of carbonyl (C=O) groups is 4. The number of benzene rings is 2. The Kier molecular flexibility index (Phi) is 15.2. The van der Waals surface area contributed by atoms with Crippen molar-refractivity contribution in [1.29, 1.82) is 0 Å². The first-order chi connectivity index (χ1) is 14.4. The zero-order chi connectivity index (χ0) is 22.2. The van der Waals surface area contributed by atoms with E-state index in [4.69, 9.17) is 19.7 Å². The third-order valence-electron chi connectivity index (χ3n) is 3.17. The molecule has 2 radical (unpaired) electrons. The first kappa shape index (κ1) is 28.1. The van der Waals surface area contributed by atoms with Crippen LogP contribution in [0.25, 0.3) is 0 Å². The molecular formula is C22H20CaO8. The number of aliphatic carboxylic acids is 2. The molecule has 0 aliphatic heterocycles. The minimum absolute atomic E-state index is 0. The summed E-state index contributed by atoms with van der Waals surface area (Å²) in [5, 5.41) is 16.5. The van der Waals surface area contributed by atoms with Crippen LogP contribution in [-0.2, 0) is 41.9 Å². The molecule has 8 nitrogen and oxygen atoms in total. The molecule has 0 saturated carbocycles. The van der Waals surface area contributed by atoms with Crippen LogP contribution in [0.4, 0.5) is 0 Å². The smallest absolute Gasteiger partial charge is 0.331 e. The van der Waals surface area contributed by atoms with Gasteiger partial charge in [-0.25, -0.2) is 19.2 Å². The molecule has 0 aromatic heterocycles. The van der Waals surface area contributed by atoms with E-state index in [1.807, 2.05) is 60.7 Å². The van der Waals surface area contributed by atoms with Crippen LogP contribution in [0.15, 0.2) is 85.0 Å². The van der Waals surface area contributed by atoms with E-state index in [2.05, 4.69) is 0 Å². The predicted octanol–water partition coefficient (Wildman–Crippen LogP) is 2.36. The standard InChI is InChI=1S/2C11H10O4.Ca/c2*12-10(13)6-7-11(14)15-8-9-4-2-1-3-5-9;/h2*1-7H,8H2,(H,12,13);/b2*7-6-;. The molecule has 0 spiro atoms. The van der Waals surface area contributed by atoms with Crippen molar-refractivity contribution < 1.29 is 38.9 Å². The summed E-state index contributed by atoms with van der Waals surface area (Å²) in [6.45, 7) is 0.285. The van der Waals surface area contributed by atoms with Gasteiger partial charge in [0.15, 0.2) is 0 Å². The van der Waals surface area contributed by atoms with Gasteiger partial charge < -0.3 is 19.7 Å². The van der Waals surface area contributed by atoms with E-state index in [0.29, 0.717) is 0 Å². The molecule has 2 N–H and O–H groups in total. The Morgan fingerprint density at radius 3 is 1.23 bits per heavy atom. The monoisotopic (exact) mass is 452 g/mol. The number of rotatable bonds is 8. The van der Waals surface area contributed by atoms with Crippen molar-refractivity contribution in [2.75, 3.05) is 0 Å². The maximum Gasteiger partial charge on any atom is 0.331 e. The van der Waals surface area contributed by atoms with Crippen molar-refractivity contribution in [3.05, 3.63) is 96.1 Å². The third-order valence-corrected chi connectivity index (χ3v) is 3.17. The molecule has 0 aliphatic rings. The van der Waals surface area contributed by atoms with Crippen molar-refractivity contribution >= 4 is 61.6 Å². The van der Waals surface area contributed by atoms with Crippen molar-refractivity contribution in [1.82, 2.24) is 0 Å². The summed E-state index contributed by atoms with van der Waals surface area (Å²) in [6.07, 6.45) is 3.25. The van der Waals surface area contributed by atoms with Gasteiger partial charge in [-0.15, -0.1) is 0 Å². The fraction of sp³-hybridized carbons (Fsp3) is 0.0909. The normalized spacial score (nSPS) is 9.81. The van der Waals surface area contributed by atoms with E-state index in [1.165, 1.54) is 0 Å². The first-order valence-electron chi connectivity index (χ1n) is 8.60. The van der Waals surface area contributed by atoms with Gasteiger partial charge in [0, 0.05) is 62.0 Å². The van der Waals surface area contributed by atoms with Gasteiger partial charge in [0.2, 0.25) is 0 Å². The quantitative estimate of drug-likeness (QED) is 0.355. The van der Waals surface area contributed by atoms with E-state index >= 15 is 0 Å². The van der Waals surface area contributed by atoms with Crippen molar-refractivity contribution in [2.24, 2.45) is 0 Å². The Hall–Kier alpha value is -2.94. The average Bonchev–Trinajstić information content (AvgIpc) is 2.75. The minimum Gasteiger partial charge on any atom is -0.478 e. The molecule has 0 unspecified atom stereocenters. The van der Waals surface area contributed by atoms with E-state index in [1.54, 1.807) is 0 Å². The average molecular weight is 452 g/mol. The molecule has 2 rings (SSSR count). The molecule has 0 heterocycles. The first-order valence-corrected chi connectivity index (χ1v) is 8.60. The summed E-state index contributed by atoms with van der Waals surface area (Å²) in [4.78, 5) is 42.1. The maximum absolute atomic E-state index is 10.9. The van der Waals surface area contributed by atoms with Crippen LogP contribution in [0.5, 0.6) is 0 Å². The summed E-state index contributed by atoms with van der Waals surface area (Å²) >= 11 is 0. The van der Waals surface area contributed by atoms with E-state index < -0.39 is 23.9 Å². The molecule has 158 valence electrons. The Morgan fingerprint density at radius 2 is 0.935 bits per heavy atom. The molecule has 0 fully saturated rings. The van der Waals surface area contributed by atoms with E-state index in [9.17, 15) is 19.2 Å². The largest absolute Gasteiger partial charge is 0.478 e. The van der Waals surface area contributed by atoms with Crippen LogP contribution >= 0.6 is 0 Å². The Bertz CT molecular complexity index is 817. The summed E-state index contributed by atoms with van der Waals surface area (Å²) < 4.78 is 9.58. The van der Waals surface area contributed by atoms with Crippen LogP contribution in [0.3, 0.4) is 0 Å². The number of carboxylic acids is 2. The predicted molar refractivity (Wildman–Crippen MR) is 112 cm³/mol. The number of ether oxygens (including phenoxy) is 2. The fourth-order valence-electron chi connectivity index (χ4n) is 1.83. The van der Waals surface area contributed by atoms with Crippen LogP contribution in [-0.4, -0.2) is 71.8 Å². The summed E-state index contributed by atoms with van der Waals surface area (Å²) in [7, 11) is 0. The minimum atomic E-state index is -1.17. The summed E-state index contributed by atoms with van der Waals surface area (Å²) in [6, 6.07) is 18.3. The van der Waals surface area contributed by atoms with Crippen LogP contribution in [0.2, 0.25) is 0 Å². The Balaban J connectivity index is 0.000000562. The molecular weight excluding hydrogens is 432 g/mol. The van der Waals surface area contributed by atoms with Crippen LogP contribution < -0.4 is 0 Å². The van der Waals surface area contributed by atoms with E-state index in [0.717, 1.165) is 35.4 Å². The van der Waals surface area contributed by atoms with E-state index in [-0.39, 0.29) is 51.0 Å². The molecule has 9 heteroatoms. The van der Waals surface area contributed by atoms with Crippen LogP contribution in [0.1, 0.15) is 11.1 Å². The Labute approximate surface area is 208 Å². The van der Waals surface area contributed by atoms with Gasteiger partial charge in [0.1, 0.15) is 13.2 Å². The second-order valence-corrected chi connectivity index (χ2v) is 5.53. The van der Waals surface area contributed by atoms with Crippen LogP contribution in [0, 0.1) is 0 Å². The summed E-state index contributed by atoms with van der Waals surface area (Å²) in [5.41, 5.74) is 1.71. The molecule has 2 aromatic carbocycles. The topological polar surface area (TPSA) is 127 Å². The molecule has 0 amide bonds. The van der Waals surface area contributed by atoms with Crippen molar-refractivity contribution in [3.8, 4) is 0 Å². The summed E-state index contributed by atoms with van der Waals surface area (Å²) in [5.74, 6) is -3.68. The molecule has 0 bridgehead atoms. The fourth-order valence-corrected chi connectivity index (χ4v) is 1.83. The molecule has 0 atom stereocenters. The number of hydrogen-bond acceptors (Lipinski definition) is 6. The second-order valence-electron chi connectivity index (χ2n) is 5.53. The van der Waals surface area contributed by atoms with Gasteiger partial charge >= 0.3 is 23.9 Å². The van der Waals surface area contributed by atoms with Gasteiger partial charge in [-0.2, -0.15) is 0 Å². The molecule has 0 aliphatic carbocycles. The number of esters is 2. The maximum atomic E-state index is 10.9. The number of carbonyl (C=O) groups excluding carboxylic acids is 2. The Morgan fingerprint density at radius 1 is 0.613 bits per heavy atom. The van der Waals surface area contributed by atoms with Gasteiger partial charge in [-0.1, -0.05) is 60.7 Å².